The van der Waals surface area contributed by atoms with Gasteiger partial charge in [0.15, 0.2) is 9.84 Å². The Morgan fingerprint density at radius 1 is 1.31 bits per heavy atom. The zero-order chi connectivity index (χ0) is 11.8. The molecule has 0 bridgehead atoms. The van der Waals surface area contributed by atoms with Crippen molar-refractivity contribution in [2.45, 2.75) is 30.1 Å². The molecule has 0 saturated heterocycles. The molecule has 16 heavy (non-hydrogen) atoms. The summed E-state index contributed by atoms with van der Waals surface area (Å²) in [6.45, 7) is 0. The molecule has 2 atom stereocenters. The lowest BCUT2D eigenvalue weighted by molar-refractivity contribution is 0.179. The summed E-state index contributed by atoms with van der Waals surface area (Å²) >= 11 is 0. The van der Waals surface area contributed by atoms with Gasteiger partial charge in [-0.2, -0.15) is 0 Å². The molecule has 2 rings (SSSR count). The Morgan fingerprint density at radius 2 is 1.94 bits per heavy atom. The fraction of sp³-hybridized carbons (Fsp3) is 0.500. The Kier molecular flexibility index (Phi) is 2.80. The minimum absolute atomic E-state index is 0.315. The fourth-order valence-corrected chi connectivity index (χ4v) is 4.09. The van der Waals surface area contributed by atoms with Crippen LogP contribution in [0.15, 0.2) is 30.3 Å². The third-order valence-corrected chi connectivity index (χ3v) is 5.48. The minimum atomic E-state index is -3.21. The Bertz CT molecular complexity index is 466. The van der Waals surface area contributed by atoms with Crippen molar-refractivity contribution in [1.29, 1.82) is 0 Å². The first kappa shape index (κ1) is 11.6. The van der Waals surface area contributed by atoms with Crippen molar-refractivity contribution in [1.82, 2.24) is 0 Å². The van der Waals surface area contributed by atoms with Gasteiger partial charge in [-0.05, 0) is 24.8 Å². The highest BCUT2D eigenvalue weighted by atomic mass is 32.2. The summed E-state index contributed by atoms with van der Waals surface area (Å²) in [6.07, 6.45) is 2.14. The Balaban J connectivity index is 2.53. The van der Waals surface area contributed by atoms with Gasteiger partial charge in [0, 0.05) is 6.26 Å². The second-order valence-corrected chi connectivity index (χ2v) is 6.85. The van der Waals surface area contributed by atoms with Gasteiger partial charge in [0.05, 0.1) is 10.9 Å². The van der Waals surface area contributed by atoms with Gasteiger partial charge in [0.1, 0.15) is 0 Å². The Morgan fingerprint density at radius 3 is 2.38 bits per heavy atom. The van der Waals surface area contributed by atoms with Gasteiger partial charge in [0.2, 0.25) is 0 Å². The van der Waals surface area contributed by atoms with Gasteiger partial charge in [-0.1, -0.05) is 30.3 Å². The van der Waals surface area contributed by atoms with Crippen LogP contribution in [0.4, 0.5) is 0 Å². The second-order valence-electron chi connectivity index (χ2n) is 4.53. The van der Waals surface area contributed by atoms with Crippen molar-refractivity contribution < 1.29 is 13.5 Å². The SMILES string of the molecule is CS(=O)(=O)C1(c2ccccc2)CCC(O)C1. The second kappa shape index (κ2) is 3.86. The summed E-state index contributed by atoms with van der Waals surface area (Å²) in [5.41, 5.74) is 0.800. The first-order valence-electron chi connectivity index (χ1n) is 5.39. The molecule has 3 nitrogen and oxygen atoms in total. The maximum atomic E-state index is 12.0. The Labute approximate surface area is 96.0 Å². The lowest BCUT2D eigenvalue weighted by atomic mass is 9.96. The quantitative estimate of drug-likeness (QED) is 0.851. The smallest absolute Gasteiger partial charge is 0.157 e. The van der Waals surface area contributed by atoms with Crippen molar-refractivity contribution in [2.24, 2.45) is 0 Å². The number of benzene rings is 1. The van der Waals surface area contributed by atoms with E-state index < -0.39 is 20.7 Å². The van der Waals surface area contributed by atoms with E-state index in [0.29, 0.717) is 19.3 Å². The van der Waals surface area contributed by atoms with E-state index >= 15 is 0 Å². The molecule has 1 saturated carbocycles. The molecule has 1 aromatic rings. The third-order valence-electron chi connectivity index (χ3n) is 3.46. The highest BCUT2D eigenvalue weighted by Gasteiger charge is 2.47. The van der Waals surface area contributed by atoms with E-state index in [1.54, 1.807) is 0 Å². The largest absolute Gasteiger partial charge is 0.393 e. The van der Waals surface area contributed by atoms with E-state index in [1.807, 2.05) is 30.3 Å². The predicted octanol–water partition coefficient (Wildman–Crippen LogP) is 1.47. The summed E-state index contributed by atoms with van der Waals surface area (Å²) in [6, 6.07) is 9.21. The molecular weight excluding hydrogens is 224 g/mol. The number of aliphatic hydroxyl groups excluding tert-OH is 1. The van der Waals surface area contributed by atoms with Crippen LogP contribution in [0.5, 0.6) is 0 Å². The van der Waals surface area contributed by atoms with E-state index in [2.05, 4.69) is 0 Å². The molecule has 0 aromatic heterocycles. The summed E-state index contributed by atoms with van der Waals surface area (Å²) in [7, 11) is -3.21. The molecule has 1 aliphatic carbocycles. The van der Waals surface area contributed by atoms with Crippen LogP contribution in [0, 0.1) is 0 Å². The molecule has 1 N–H and O–H groups in total. The van der Waals surface area contributed by atoms with Crippen molar-refractivity contribution in [3.63, 3.8) is 0 Å². The normalized spacial score (nSPS) is 30.5. The van der Waals surface area contributed by atoms with Gasteiger partial charge >= 0.3 is 0 Å². The van der Waals surface area contributed by atoms with E-state index in [1.165, 1.54) is 6.26 Å². The molecule has 0 heterocycles. The first-order chi connectivity index (χ1) is 7.46. The molecule has 1 fully saturated rings. The fourth-order valence-electron chi connectivity index (χ4n) is 2.54. The average Bonchev–Trinajstić information content (AvgIpc) is 2.62. The van der Waals surface area contributed by atoms with Crippen LogP contribution < -0.4 is 0 Å². The van der Waals surface area contributed by atoms with Gasteiger partial charge in [0.25, 0.3) is 0 Å². The van der Waals surface area contributed by atoms with Crippen molar-refractivity contribution in [2.75, 3.05) is 6.26 Å². The average molecular weight is 240 g/mol. The van der Waals surface area contributed by atoms with Crippen molar-refractivity contribution in [3.05, 3.63) is 35.9 Å². The minimum Gasteiger partial charge on any atom is -0.393 e. The van der Waals surface area contributed by atoms with Gasteiger partial charge in [-0.25, -0.2) is 8.42 Å². The molecule has 0 spiro atoms. The number of sulfone groups is 1. The molecule has 4 heteroatoms. The monoisotopic (exact) mass is 240 g/mol. The van der Waals surface area contributed by atoms with Gasteiger partial charge < -0.3 is 5.11 Å². The van der Waals surface area contributed by atoms with Crippen LogP contribution >= 0.6 is 0 Å². The molecule has 2 unspecified atom stereocenters. The maximum absolute atomic E-state index is 12.0. The number of hydrogen-bond donors (Lipinski definition) is 1. The van der Waals surface area contributed by atoms with E-state index in [9.17, 15) is 13.5 Å². The molecule has 0 amide bonds. The summed E-state index contributed by atoms with van der Waals surface area (Å²) in [5.74, 6) is 0. The van der Waals surface area contributed by atoms with Crippen LogP contribution in [-0.2, 0) is 14.6 Å². The number of hydrogen-bond acceptors (Lipinski definition) is 3. The van der Waals surface area contributed by atoms with E-state index in [0.717, 1.165) is 5.56 Å². The van der Waals surface area contributed by atoms with Gasteiger partial charge in [-0.15, -0.1) is 0 Å². The molecule has 1 aliphatic rings. The molecular formula is C12H16O3S. The van der Waals surface area contributed by atoms with Gasteiger partial charge in [-0.3, -0.25) is 0 Å². The van der Waals surface area contributed by atoms with Crippen molar-refractivity contribution in [3.8, 4) is 0 Å². The highest BCUT2D eigenvalue weighted by Crippen LogP contribution is 2.45. The number of rotatable bonds is 2. The predicted molar refractivity (Wildman–Crippen MR) is 62.8 cm³/mol. The summed E-state index contributed by atoms with van der Waals surface area (Å²) in [4.78, 5) is 0. The van der Waals surface area contributed by atoms with Crippen LogP contribution in [0.2, 0.25) is 0 Å². The van der Waals surface area contributed by atoms with Crippen molar-refractivity contribution >= 4 is 9.84 Å². The zero-order valence-corrected chi connectivity index (χ0v) is 10.1. The molecule has 88 valence electrons. The number of aliphatic hydroxyl groups is 1. The highest BCUT2D eigenvalue weighted by molar-refractivity contribution is 7.91. The standard InChI is InChI=1S/C12H16O3S/c1-16(14,15)12(8-7-11(13)9-12)10-5-3-2-4-6-10/h2-6,11,13H,7-9H2,1H3. The van der Waals surface area contributed by atoms with Crippen LogP contribution in [0.3, 0.4) is 0 Å². The summed E-state index contributed by atoms with van der Waals surface area (Å²) in [5, 5.41) is 9.63. The Hall–Kier alpha value is -0.870. The third kappa shape index (κ3) is 1.76. The molecule has 0 radical (unpaired) electrons. The van der Waals surface area contributed by atoms with Crippen LogP contribution in [0.1, 0.15) is 24.8 Å². The lowest BCUT2D eigenvalue weighted by Gasteiger charge is -2.27. The topological polar surface area (TPSA) is 54.4 Å². The first-order valence-corrected chi connectivity index (χ1v) is 7.28. The molecule has 0 aliphatic heterocycles. The zero-order valence-electron chi connectivity index (χ0n) is 9.26. The van der Waals surface area contributed by atoms with E-state index in [4.69, 9.17) is 0 Å². The summed E-state index contributed by atoms with van der Waals surface area (Å²) < 4.78 is 23.1. The lowest BCUT2D eigenvalue weighted by Crippen LogP contribution is -2.33. The van der Waals surface area contributed by atoms with Crippen LogP contribution in [-0.4, -0.2) is 25.9 Å². The van der Waals surface area contributed by atoms with E-state index in [-0.39, 0.29) is 0 Å². The maximum Gasteiger partial charge on any atom is 0.157 e. The van der Waals surface area contributed by atoms with Crippen LogP contribution in [0.25, 0.3) is 0 Å². The molecule has 1 aromatic carbocycles.